The number of rotatable bonds is 3. The largest absolute Gasteiger partial charge is 0.388 e. The Kier molecular flexibility index (Phi) is 3.30. The zero-order valence-electron chi connectivity index (χ0n) is 12.5. The second kappa shape index (κ2) is 4.86. The van der Waals surface area contributed by atoms with Gasteiger partial charge < -0.3 is 10.0 Å². The molecule has 0 spiro atoms. The highest BCUT2D eigenvalue weighted by atomic mass is 16.3. The molecule has 0 aliphatic carbocycles. The van der Waals surface area contributed by atoms with Gasteiger partial charge in [0.05, 0.1) is 16.8 Å². The molecule has 1 fully saturated rings. The second-order valence-electron chi connectivity index (χ2n) is 6.15. The van der Waals surface area contributed by atoms with Crippen LogP contribution in [0.4, 0.5) is 0 Å². The number of hydrogen-bond donors (Lipinski definition) is 1. The van der Waals surface area contributed by atoms with Crippen LogP contribution in [0.2, 0.25) is 0 Å². The molecular weight excluding hydrogens is 250 g/mol. The maximum absolute atomic E-state index is 10.8. The number of β-amino-alcohol motifs (C(OH)–C–C–N with tert-alkyl or cyclic N) is 1. The summed E-state index contributed by atoms with van der Waals surface area (Å²) in [6, 6.07) is 8.72. The molecule has 108 valence electrons. The van der Waals surface area contributed by atoms with Gasteiger partial charge in [-0.2, -0.15) is 5.10 Å². The van der Waals surface area contributed by atoms with Crippen LogP contribution in [-0.2, 0) is 13.0 Å². The minimum Gasteiger partial charge on any atom is -0.388 e. The molecule has 4 heteroatoms. The van der Waals surface area contributed by atoms with Crippen LogP contribution >= 0.6 is 0 Å². The van der Waals surface area contributed by atoms with Crippen molar-refractivity contribution in [3.8, 4) is 0 Å². The number of aryl methyl sites for hydroxylation is 1. The molecule has 0 bridgehead atoms. The lowest BCUT2D eigenvalue weighted by Gasteiger charge is -2.21. The third kappa shape index (κ3) is 2.23. The highest BCUT2D eigenvalue weighted by Crippen LogP contribution is 2.31. The molecule has 2 heterocycles. The third-order valence-electron chi connectivity index (χ3n) is 4.50. The quantitative estimate of drug-likeness (QED) is 0.930. The Bertz CT molecular complexity index is 609. The van der Waals surface area contributed by atoms with Gasteiger partial charge in [0.15, 0.2) is 0 Å². The van der Waals surface area contributed by atoms with Crippen LogP contribution in [0.3, 0.4) is 0 Å². The van der Waals surface area contributed by atoms with E-state index in [1.54, 1.807) is 0 Å². The Morgan fingerprint density at radius 1 is 1.40 bits per heavy atom. The lowest BCUT2D eigenvalue weighted by molar-refractivity contribution is 0.0512. The van der Waals surface area contributed by atoms with E-state index in [4.69, 9.17) is 5.10 Å². The van der Waals surface area contributed by atoms with Gasteiger partial charge in [-0.05, 0) is 33.4 Å². The summed E-state index contributed by atoms with van der Waals surface area (Å²) in [4.78, 5) is 2.22. The number of aromatic nitrogens is 2. The normalized spacial score (nSPS) is 27.5. The van der Waals surface area contributed by atoms with Gasteiger partial charge in [-0.3, -0.25) is 4.68 Å². The zero-order chi connectivity index (χ0) is 14.3. The molecular formula is C16H23N3O. The van der Waals surface area contributed by atoms with E-state index in [0.29, 0.717) is 12.5 Å². The summed E-state index contributed by atoms with van der Waals surface area (Å²) in [6.07, 6.45) is 1.45. The zero-order valence-corrected chi connectivity index (χ0v) is 12.5. The van der Waals surface area contributed by atoms with Gasteiger partial charge in [0, 0.05) is 30.9 Å². The maximum atomic E-state index is 10.8. The van der Waals surface area contributed by atoms with Crippen LogP contribution in [0.5, 0.6) is 0 Å². The van der Waals surface area contributed by atoms with Crippen LogP contribution in [0.15, 0.2) is 24.3 Å². The van der Waals surface area contributed by atoms with Crippen molar-refractivity contribution in [2.45, 2.75) is 44.9 Å². The summed E-state index contributed by atoms with van der Waals surface area (Å²) in [6.45, 7) is 5.85. The number of hydrogen-bond acceptors (Lipinski definition) is 3. The van der Waals surface area contributed by atoms with Gasteiger partial charge in [0.25, 0.3) is 0 Å². The lowest BCUT2D eigenvalue weighted by Crippen LogP contribution is -2.34. The Labute approximate surface area is 120 Å². The highest BCUT2D eigenvalue weighted by molar-refractivity contribution is 5.82. The van der Waals surface area contributed by atoms with Gasteiger partial charge in [0.1, 0.15) is 0 Å². The van der Waals surface area contributed by atoms with Crippen molar-refractivity contribution in [3.63, 3.8) is 0 Å². The molecule has 0 radical (unpaired) electrons. The maximum Gasteiger partial charge on any atom is 0.0844 e. The molecule has 20 heavy (non-hydrogen) atoms. The number of aliphatic hydroxyl groups is 1. The first-order valence-corrected chi connectivity index (χ1v) is 7.39. The van der Waals surface area contributed by atoms with Gasteiger partial charge in [0.2, 0.25) is 0 Å². The molecule has 1 aliphatic rings. The molecule has 1 saturated heterocycles. The smallest absolute Gasteiger partial charge is 0.0844 e. The van der Waals surface area contributed by atoms with Gasteiger partial charge in [-0.25, -0.2) is 0 Å². The van der Waals surface area contributed by atoms with E-state index >= 15 is 0 Å². The van der Waals surface area contributed by atoms with E-state index in [-0.39, 0.29) is 0 Å². The molecule has 1 aromatic carbocycles. The number of fused-ring (bicyclic) bond motifs is 1. The number of para-hydroxylation sites is 1. The molecule has 1 N–H and O–H groups in total. The van der Waals surface area contributed by atoms with E-state index in [0.717, 1.165) is 30.7 Å². The van der Waals surface area contributed by atoms with Crippen LogP contribution in [0.1, 0.15) is 26.0 Å². The third-order valence-corrected chi connectivity index (χ3v) is 4.50. The first-order valence-electron chi connectivity index (χ1n) is 7.39. The minimum absolute atomic E-state index is 0.430. The molecule has 0 amide bonds. The average molecular weight is 273 g/mol. The molecule has 0 saturated carbocycles. The standard InChI is InChI=1S/C16H23N3O/c1-4-19-15-8-6-5-7-13(15)14(17-19)10-16(20)9-12(2)18(3)11-16/h5-8,12,20H,4,9-11H2,1-3H3. The van der Waals surface area contributed by atoms with Crippen molar-refractivity contribution in [3.05, 3.63) is 30.0 Å². The van der Waals surface area contributed by atoms with E-state index in [1.165, 1.54) is 5.39 Å². The predicted molar refractivity (Wildman–Crippen MR) is 80.8 cm³/mol. The van der Waals surface area contributed by atoms with Crippen LogP contribution in [-0.4, -0.2) is 45.0 Å². The van der Waals surface area contributed by atoms with Gasteiger partial charge in [-0.1, -0.05) is 18.2 Å². The molecule has 2 atom stereocenters. The van der Waals surface area contributed by atoms with Gasteiger partial charge in [-0.15, -0.1) is 0 Å². The summed E-state index contributed by atoms with van der Waals surface area (Å²) in [5.41, 5.74) is 1.53. The minimum atomic E-state index is -0.649. The predicted octanol–water partition coefficient (Wildman–Crippen LogP) is 2.05. The van der Waals surface area contributed by atoms with Crippen molar-refractivity contribution < 1.29 is 5.11 Å². The van der Waals surface area contributed by atoms with Crippen molar-refractivity contribution >= 4 is 10.9 Å². The number of benzene rings is 1. The molecule has 3 rings (SSSR count). The van der Waals surface area contributed by atoms with Crippen molar-refractivity contribution in [1.82, 2.24) is 14.7 Å². The Morgan fingerprint density at radius 2 is 2.15 bits per heavy atom. The molecule has 1 aromatic heterocycles. The molecule has 4 nitrogen and oxygen atoms in total. The Morgan fingerprint density at radius 3 is 2.80 bits per heavy atom. The van der Waals surface area contributed by atoms with Gasteiger partial charge >= 0.3 is 0 Å². The van der Waals surface area contributed by atoms with E-state index in [2.05, 4.69) is 37.9 Å². The van der Waals surface area contributed by atoms with Crippen molar-refractivity contribution in [2.24, 2.45) is 0 Å². The van der Waals surface area contributed by atoms with Crippen LogP contribution in [0, 0.1) is 0 Å². The van der Waals surface area contributed by atoms with Crippen molar-refractivity contribution in [2.75, 3.05) is 13.6 Å². The monoisotopic (exact) mass is 273 g/mol. The van der Waals surface area contributed by atoms with Crippen molar-refractivity contribution in [1.29, 1.82) is 0 Å². The highest BCUT2D eigenvalue weighted by Gasteiger charge is 2.39. The first-order chi connectivity index (χ1) is 9.52. The number of likely N-dealkylation sites (tertiary alicyclic amines) is 1. The summed E-state index contributed by atoms with van der Waals surface area (Å²) in [7, 11) is 2.07. The average Bonchev–Trinajstić information content (AvgIpc) is 2.88. The number of nitrogens with zero attached hydrogens (tertiary/aromatic N) is 3. The molecule has 2 aromatic rings. The SMILES string of the molecule is CCn1nc(CC2(O)CC(C)N(C)C2)c2ccccc21. The fraction of sp³-hybridized carbons (Fsp3) is 0.562. The van der Waals surface area contributed by atoms with Crippen LogP contribution in [0.25, 0.3) is 10.9 Å². The Balaban J connectivity index is 1.95. The van der Waals surface area contributed by atoms with E-state index in [9.17, 15) is 5.11 Å². The number of likely N-dealkylation sites (N-methyl/N-ethyl adjacent to an activating group) is 1. The summed E-state index contributed by atoms with van der Waals surface area (Å²) >= 11 is 0. The summed E-state index contributed by atoms with van der Waals surface area (Å²) < 4.78 is 2.02. The first kappa shape index (κ1) is 13.6. The fourth-order valence-electron chi connectivity index (χ4n) is 3.40. The van der Waals surface area contributed by atoms with E-state index in [1.807, 2.05) is 16.8 Å². The Hall–Kier alpha value is -1.39. The van der Waals surface area contributed by atoms with E-state index < -0.39 is 5.60 Å². The summed E-state index contributed by atoms with van der Waals surface area (Å²) in [5, 5.41) is 16.7. The fourth-order valence-corrected chi connectivity index (χ4v) is 3.40. The lowest BCUT2D eigenvalue weighted by atomic mass is 9.94. The van der Waals surface area contributed by atoms with Crippen LogP contribution < -0.4 is 0 Å². The second-order valence-corrected chi connectivity index (χ2v) is 6.15. The molecule has 2 unspecified atom stereocenters. The topological polar surface area (TPSA) is 41.3 Å². The molecule has 1 aliphatic heterocycles. The summed E-state index contributed by atoms with van der Waals surface area (Å²) in [5.74, 6) is 0.